The Morgan fingerprint density at radius 1 is 0.270 bits per heavy atom. The van der Waals surface area contributed by atoms with Gasteiger partial charge in [0.05, 0.1) is 33.4 Å². The predicted molar refractivity (Wildman–Crippen MR) is 266 cm³/mol. The Kier molecular flexibility index (Phi) is 8.83. The maximum Gasteiger partial charge on any atom is 0.0562 e. The Bertz CT molecular complexity index is 3580. The van der Waals surface area contributed by atoms with Gasteiger partial charge >= 0.3 is 0 Å². The number of aromatic nitrogens is 2. The van der Waals surface area contributed by atoms with Crippen LogP contribution in [-0.2, 0) is 0 Å². The molecule has 0 amide bonds. The Morgan fingerprint density at radius 2 is 0.698 bits per heavy atom. The summed E-state index contributed by atoms with van der Waals surface area (Å²) in [5.74, 6) is 0. The van der Waals surface area contributed by atoms with Gasteiger partial charge in [-0.15, -0.1) is 0 Å². The van der Waals surface area contributed by atoms with E-state index in [4.69, 9.17) is 0 Å². The minimum absolute atomic E-state index is 1.06. The van der Waals surface area contributed by atoms with E-state index < -0.39 is 0 Å². The van der Waals surface area contributed by atoms with Crippen LogP contribution in [0.2, 0.25) is 0 Å². The predicted octanol–water partition coefficient (Wildman–Crippen LogP) is 16.4. The highest BCUT2D eigenvalue weighted by Gasteiger charge is 2.25. The fraction of sp³-hybridized carbons (Fsp3) is 0. The van der Waals surface area contributed by atoms with Crippen LogP contribution in [0.4, 0.5) is 17.1 Å². The van der Waals surface area contributed by atoms with Gasteiger partial charge in [0.2, 0.25) is 0 Å². The van der Waals surface area contributed by atoms with Crippen molar-refractivity contribution in [3.8, 4) is 44.8 Å². The number of anilines is 3. The van der Waals surface area contributed by atoms with Gasteiger partial charge in [-0.1, -0.05) is 182 Å². The third kappa shape index (κ3) is 6.05. The quantitative estimate of drug-likeness (QED) is 0.149. The van der Waals surface area contributed by atoms with Crippen molar-refractivity contribution in [2.45, 2.75) is 0 Å². The Labute approximate surface area is 366 Å². The molecule has 2 aromatic heterocycles. The molecule has 0 saturated heterocycles. The molecule has 0 aliphatic heterocycles. The van der Waals surface area contributed by atoms with E-state index in [1.165, 1.54) is 65.9 Å². The fourth-order valence-corrected chi connectivity index (χ4v) is 9.86. The van der Waals surface area contributed by atoms with Gasteiger partial charge in [0, 0.05) is 44.2 Å². The first kappa shape index (κ1) is 36.5. The summed E-state index contributed by atoms with van der Waals surface area (Å²) in [6, 6.07) is 90.2. The summed E-state index contributed by atoms with van der Waals surface area (Å²) >= 11 is 0. The number of hydrogen-bond donors (Lipinski definition) is 0. The molecule has 10 aromatic carbocycles. The molecular weight excluding hydrogens is 763 g/mol. The van der Waals surface area contributed by atoms with E-state index in [2.05, 4.69) is 263 Å². The van der Waals surface area contributed by atoms with Crippen LogP contribution in [0.5, 0.6) is 0 Å². The smallest absolute Gasteiger partial charge is 0.0562 e. The SMILES string of the molecule is c1ccc(-c2ccccc2-c2ccccc2-c2ccccc2N(c2cccc(-n3c4ccccc4c4ccccc43)c2)c2cccc3c2c2ccccc2n3-c2ccccc2)cc1. The Hall–Kier alpha value is -8.40. The Balaban J connectivity index is 1.15. The zero-order valence-corrected chi connectivity index (χ0v) is 34.5. The Morgan fingerprint density at radius 3 is 1.38 bits per heavy atom. The molecule has 2 heterocycles. The van der Waals surface area contributed by atoms with Crippen molar-refractivity contribution in [1.29, 1.82) is 0 Å². The molecule has 0 bridgehead atoms. The summed E-state index contributed by atoms with van der Waals surface area (Å²) in [5, 5.41) is 4.88. The highest BCUT2D eigenvalue weighted by molar-refractivity contribution is 6.17. The standard InChI is InChI=1S/C60H41N3/c1-3-21-42(22-4-1)46-27-7-8-28-47(46)48-29-9-10-30-49(48)50-31-11-15-35-54(50)63(45-26-19-25-44(41-45)62-55-36-16-12-32-51(55)52-33-13-17-37-56(52)62)59-40-20-39-58-60(59)53-34-14-18-38-57(53)61(58)43-23-5-2-6-24-43/h1-41H. The van der Waals surface area contributed by atoms with Crippen LogP contribution in [0.1, 0.15) is 0 Å². The molecule has 0 fully saturated rings. The monoisotopic (exact) mass is 803 g/mol. The van der Waals surface area contributed by atoms with Crippen molar-refractivity contribution in [2.75, 3.05) is 4.90 Å². The van der Waals surface area contributed by atoms with Crippen molar-refractivity contribution in [1.82, 2.24) is 9.13 Å². The molecule has 0 radical (unpaired) electrons. The second-order valence-corrected chi connectivity index (χ2v) is 16.1. The van der Waals surface area contributed by atoms with E-state index in [1.807, 2.05) is 0 Å². The van der Waals surface area contributed by atoms with Gasteiger partial charge in [-0.25, -0.2) is 0 Å². The molecule has 0 aliphatic rings. The molecule has 63 heavy (non-hydrogen) atoms. The maximum atomic E-state index is 2.50. The molecule has 12 aromatic rings. The lowest BCUT2D eigenvalue weighted by Crippen LogP contribution is -2.12. The number of rotatable bonds is 8. The maximum absolute atomic E-state index is 2.50. The summed E-state index contributed by atoms with van der Waals surface area (Å²) in [6.45, 7) is 0. The van der Waals surface area contributed by atoms with Crippen LogP contribution < -0.4 is 4.90 Å². The van der Waals surface area contributed by atoms with E-state index in [1.54, 1.807) is 0 Å². The number of nitrogens with zero attached hydrogens (tertiary/aromatic N) is 3. The fourth-order valence-electron chi connectivity index (χ4n) is 9.86. The first-order chi connectivity index (χ1) is 31.3. The van der Waals surface area contributed by atoms with Crippen LogP contribution in [0.3, 0.4) is 0 Å². The second kappa shape index (κ2) is 15.3. The van der Waals surface area contributed by atoms with Crippen molar-refractivity contribution < 1.29 is 0 Å². The van der Waals surface area contributed by atoms with Gasteiger partial charge in [0.15, 0.2) is 0 Å². The number of hydrogen-bond acceptors (Lipinski definition) is 1. The van der Waals surface area contributed by atoms with E-state index >= 15 is 0 Å². The van der Waals surface area contributed by atoms with Crippen molar-refractivity contribution in [3.05, 3.63) is 249 Å². The van der Waals surface area contributed by atoms with E-state index in [-0.39, 0.29) is 0 Å². The summed E-state index contributed by atoms with van der Waals surface area (Å²) in [4.78, 5) is 2.50. The van der Waals surface area contributed by atoms with Crippen LogP contribution in [-0.4, -0.2) is 9.13 Å². The normalized spacial score (nSPS) is 11.5. The topological polar surface area (TPSA) is 13.1 Å². The molecular formula is C60H41N3. The third-order valence-electron chi connectivity index (χ3n) is 12.5. The molecule has 0 unspecified atom stereocenters. The number of benzene rings is 10. The second-order valence-electron chi connectivity index (χ2n) is 16.1. The molecule has 0 aliphatic carbocycles. The van der Waals surface area contributed by atoms with Crippen molar-refractivity contribution in [2.24, 2.45) is 0 Å². The third-order valence-corrected chi connectivity index (χ3v) is 12.5. The summed E-state index contributed by atoms with van der Waals surface area (Å²) in [6.07, 6.45) is 0. The summed E-state index contributed by atoms with van der Waals surface area (Å²) < 4.78 is 4.82. The van der Waals surface area contributed by atoms with Crippen LogP contribution in [0.15, 0.2) is 249 Å². The van der Waals surface area contributed by atoms with Gasteiger partial charge in [-0.05, 0) is 94.5 Å². The van der Waals surface area contributed by atoms with E-state index in [0.717, 1.165) is 39.5 Å². The molecule has 0 N–H and O–H groups in total. The van der Waals surface area contributed by atoms with Crippen LogP contribution in [0, 0.1) is 0 Å². The van der Waals surface area contributed by atoms with E-state index in [9.17, 15) is 0 Å². The minimum atomic E-state index is 1.06. The lowest BCUT2D eigenvalue weighted by atomic mass is 9.88. The minimum Gasteiger partial charge on any atom is -0.309 e. The molecule has 0 saturated carbocycles. The number of para-hydroxylation sites is 5. The van der Waals surface area contributed by atoms with Gasteiger partial charge in [-0.2, -0.15) is 0 Å². The van der Waals surface area contributed by atoms with Gasteiger partial charge in [0.25, 0.3) is 0 Å². The molecule has 0 atom stereocenters. The van der Waals surface area contributed by atoms with Crippen LogP contribution in [0.25, 0.3) is 88.4 Å². The largest absolute Gasteiger partial charge is 0.309 e. The van der Waals surface area contributed by atoms with Crippen molar-refractivity contribution >= 4 is 60.7 Å². The molecule has 3 heteroatoms. The van der Waals surface area contributed by atoms with E-state index in [0.29, 0.717) is 0 Å². The molecule has 0 spiro atoms. The van der Waals surface area contributed by atoms with Crippen LogP contribution >= 0.6 is 0 Å². The summed E-state index contributed by atoms with van der Waals surface area (Å²) in [5.41, 5.74) is 17.3. The van der Waals surface area contributed by atoms with Gasteiger partial charge < -0.3 is 14.0 Å². The van der Waals surface area contributed by atoms with Gasteiger partial charge in [-0.3, -0.25) is 0 Å². The van der Waals surface area contributed by atoms with Crippen molar-refractivity contribution in [3.63, 3.8) is 0 Å². The number of fused-ring (bicyclic) bond motifs is 6. The molecule has 296 valence electrons. The van der Waals surface area contributed by atoms with Gasteiger partial charge in [0.1, 0.15) is 0 Å². The highest BCUT2D eigenvalue weighted by atomic mass is 15.2. The molecule has 12 rings (SSSR count). The first-order valence-corrected chi connectivity index (χ1v) is 21.6. The highest BCUT2D eigenvalue weighted by Crippen LogP contribution is 2.49. The summed E-state index contributed by atoms with van der Waals surface area (Å²) in [7, 11) is 0. The lowest BCUT2D eigenvalue weighted by Gasteiger charge is -2.30. The average Bonchev–Trinajstić information content (AvgIpc) is 3.89. The molecule has 3 nitrogen and oxygen atoms in total. The first-order valence-electron chi connectivity index (χ1n) is 21.6. The zero-order chi connectivity index (χ0) is 41.7. The average molecular weight is 804 g/mol. The zero-order valence-electron chi connectivity index (χ0n) is 34.5. The lowest BCUT2D eigenvalue weighted by molar-refractivity contribution is 1.17.